The van der Waals surface area contributed by atoms with Gasteiger partial charge < -0.3 is 5.11 Å². The molecule has 7 heteroatoms. The summed E-state index contributed by atoms with van der Waals surface area (Å²) in [7, 11) is 0. The van der Waals surface area contributed by atoms with Gasteiger partial charge in [0.2, 0.25) is 0 Å². The molecule has 6 nitrogen and oxygen atoms in total. The maximum Gasteiger partial charge on any atom is 0.328 e. The Bertz CT molecular complexity index is 367. The van der Waals surface area contributed by atoms with E-state index in [1.807, 2.05) is 6.26 Å². The van der Waals surface area contributed by atoms with Gasteiger partial charge in [0.1, 0.15) is 0 Å². The van der Waals surface area contributed by atoms with Gasteiger partial charge in [-0.1, -0.05) is 13.8 Å². The van der Waals surface area contributed by atoms with Gasteiger partial charge in [-0.15, -0.1) is 5.10 Å². The number of nitrogens with zero attached hydrogens (tertiary/aromatic N) is 4. The van der Waals surface area contributed by atoms with Crippen molar-refractivity contribution in [3.63, 3.8) is 0 Å². The first-order valence-corrected chi connectivity index (χ1v) is 6.94. The number of aliphatic carboxylic acids is 1. The topological polar surface area (TPSA) is 80.9 Å². The SMILES string of the molecule is CSCCC(C(=O)O)n1nnnc1CC(C)C. The molecular weight excluding hydrogens is 240 g/mol. The van der Waals surface area contributed by atoms with Gasteiger partial charge in [-0.2, -0.15) is 11.8 Å². The maximum absolute atomic E-state index is 11.2. The quantitative estimate of drug-likeness (QED) is 0.792. The molecule has 1 aromatic rings. The first-order chi connectivity index (χ1) is 8.06. The van der Waals surface area contributed by atoms with E-state index in [9.17, 15) is 9.90 Å². The van der Waals surface area contributed by atoms with Crippen molar-refractivity contribution in [1.29, 1.82) is 0 Å². The lowest BCUT2D eigenvalue weighted by Gasteiger charge is -2.14. The zero-order valence-corrected chi connectivity index (χ0v) is 11.1. The number of carboxylic acids is 1. The maximum atomic E-state index is 11.2. The number of aromatic nitrogens is 4. The van der Waals surface area contributed by atoms with E-state index in [2.05, 4.69) is 29.4 Å². The van der Waals surface area contributed by atoms with Crippen LogP contribution in [0.4, 0.5) is 0 Å². The van der Waals surface area contributed by atoms with Crippen LogP contribution in [0.1, 0.15) is 32.1 Å². The lowest BCUT2D eigenvalue weighted by Crippen LogP contribution is -2.23. The molecule has 1 unspecified atom stereocenters. The van der Waals surface area contributed by atoms with Crippen molar-refractivity contribution in [3.8, 4) is 0 Å². The molecule has 1 N–H and O–H groups in total. The average molecular weight is 258 g/mol. The van der Waals surface area contributed by atoms with Crippen LogP contribution in [0.5, 0.6) is 0 Å². The monoisotopic (exact) mass is 258 g/mol. The summed E-state index contributed by atoms with van der Waals surface area (Å²) < 4.78 is 1.44. The van der Waals surface area contributed by atoms with E-state index < -0.39 is 12.0 Å². The van der Waals surface area contributed by atoms with Gasteiger partial charge >= 0.3 is 5.97 Å². The first-order valence-electron chi connectivity index (χ1n) is 5.54. The minimum atomic E-state index is -0.878. The molecule has 1 rings (SSSR count). The van der Waals surface area contributed by atoms with Crippen molar-refractivity contribution in [2.75, 3.05) is 12.0 Å². The van der Waals surface area contributed by atoms with E-state index in [0.29, 0.717) is 24.6 Å². The van der Waals surface area contributed by atoms with Gasteiger partial charge in [0.15, 0.2) is 11.9 Å². The molecule has 1 atom stereocenters. The highest BCUT2D eigenvalue weighted by atomic mass is 32.2. The molecule has 96 valence electrons. The fourth-order valence-electron chi connectivity index (χ4n) is 1.53. The van der Waals surface area contributed by atoms with Gasteiger partial charge in [-0.05, 0) is 34.8 Å². The molecule has 1 heterocycles. The molecule has 0 aromatic carbocycles. The molecule has 0 saturated carbocycles. The van der Waals surface area contributed by atoms with Gasteiger partial charge in [0, 0.05) is 6.42 Å². The third-order valence-electron chi connectivity index (χ3n) is 2.33. The van der Waals surface area contributed by atoms with E-state index >= 15 is 0 Å². The van der Waals surface area contributed by atoms with Gasteiger partial charge in [-0.3, -0.25) is 0 Å². The summed E-state index contributed by atoms with van der Waals surface area (Å²) in [5, 5.41) is 20.5. The summed E-state index contributed by atoms with van der Waals surface area (Å²) in [6.07, 6.45) is 3.18. The number of carbonyl (C=O) groups is 1. The van der Waals surface area contributed by atoms with Crippen LogP contribution in [0.2, 0.25) is 0 Å². The highest BCUT2D eigenvalue weighted by Gasteiger charge is 2.24. The van der Waals surface area contributed by atoms with Crippen LogP contribution in [-0.4, -0.2) is 43.3 Å². The van der Waals surface area contributed by atoms with Crippen LogP contribution in [0, 0.1) is 5.92 Å². The lowest BCUT2D eigenvalue weighted by molar-refractivity contribution is -0.141. The molecule has 0 amide bonds. The lowest BCUT2D eigenvalue weighted by atomic mass is 10.1. The van der Waals surface area contributed by atoms with E-state index in [0.717, 1.165) is 5.75 Å². The molecule has 0 aliphatic heterocycles. The van der Waals surface area contributed by atoms with Crippen LogP contribution in [0.15, 0.2) is 0 Å². The predicted octanol–water partition coefficient (Wildman–Crippen LogP) is 1.25. The van der Waals surface area contributed by atoms with Crippen molar-refractivity contribution in [1.82, 2.24) is 20.2 Å². The number of hydrogen-bond donors (Lipinski definition) is 1. The number of thioether (sulfide) groups is 1. The highest BCUT2D eigenvalue weighted by molar-refractivity contribution is 7.98. The van der Waals surface area contributed by atoms with Crippen LogP contribution >= 0.6 is 11.8 Å². The van der Waals surface area contributed by atoms with Crippen LogP contribution < -0.4 is 0 Å². The zero-order valence-electron chi connectivity index (χ0n) is 10.3. The van der Waals surface area contributed by atoms with Crippen molar-refractivity contribution in [2.45, 2.75) is 32.7 Å². The van der Waals surface area contributed by atoms with Gasteiger partial charge in [-0.25, -0.2) is 9.48 Å². The molecule has 1 aromatic heterocycles. The minimum absolute atomic E-state index is 0.398. The molecular formula is C10H18N4O2S. The summed E-state index contributed by atoms with van der Waals surface area (Å²) in [4.78, 5) is 11.2. The van der Waals surface area contributed by atoms with E-state index in [1.165, 1.54) is 4.68 Å². The Morgan fingerprint density at radius 1 is 1.53 bits per heavy atom. The Morgan fingerprint density at radius 2 is 2.24 bits per heavy atom. The van der Waals surface area contributed by atoms with E-state index in [1.54, 1.807) is 11.8 Å². The van der Waals surface area contributed by atoms with Gasteiger partial charge in [0.05, 0.1) is 0 Å². The third kappa shape index (κ3) is 3.99. The standard InChI is InChI=1S/C10H18N4O2S/c1-7(2)6-9-11-12-13-14(9)8(10(15)16)4-5-17-3/h7-8H,4-6H2,1-3H3,(H,15,16). The average Bonchev–Trinajstić information content (AvgIpc) is 2.65. The Kier molecular flexibility index (Phi) is 5.40. The second kappa shape index (κ2) is 6.58. The normalized spacial score (nSPS) is 12.9. The van der Waals surface area contributed by atoms with Crippen LogP contribution in [0.3, 0.4) is 0 Å². The summed E-state index contributed by atoms with van der Waals surface area (Å²) in [6.45, 7) is 4.10. The second-order valence-electron chi connectivity index (χ2n) is 4.27. The molecule has 0 saturated heterocycles. The van der Waals surface area contributed by atoms with Crippen LogP contribution in [-0.2, 0) is 11.2 Å². The highest BCUT2D eigenvalue weighted by Crippen LogP contribution is 2.16. The molecule has 0 fully saturated rings. The summed E-state index contributed by atoms with van der Waals surface area (Å²) in [5.74, 6) is 0.942. The molecule has 0 aliphatic rings. The van der Waals surface area contributed by atoms with Crippen molar-refractivity contribution in [2.24, 2.45) is 5.92 Å². The molecule has 0 bridgehead atoms. The fraction of sp³-hybridized carbons (Fsp3) is 0.800. The number of tetrazole rings is 1. The summed E-state index contributed by atoms with van der Waals surface area (Å²) >= 11 is 1.62. The molecule has 17 heavy (non-hydrogen) atoms. The Balaban J connectivity index is 2.86. The smallest absolute Gasteiger partial charge is 0.328 e. The Labute approximate surface area is 105 Å². The summed E-state index contributed by atoms with van der Waals surface area (Å²) in [5.41, 5.74) is 0. The fourth-order valence-corrected chi connectivity index (χ4v) is 1.99. The second-order valence-corrected chi connectivity index (χ2v) is 5.26. The summed E-state index contributed by atoms with van der Waals surface area (Å²) in [6, 6.07) is -0.661. The van der Waals surface area contributed by atoms with Crippen molar-refractivity contribution < 1.29 is 9.90 Å². The van der Waals surface area contributed by atoms with Crippen molar-refractivity contribution >= 4 is 17.7 Å². The Morgan fingerprint density at radius 3 is 2.76 bits per heavy atom. The van der Waals surface area contributed by atoms with E-state index in [-0.39, 0.29) is 0 Å². The number of rotatable bonds is 7. The first kappa shape index (κ1) is 14.0. The minimum Gasteiger partial charge on any atom is -0.480 e. The Hall–Kier alpha value is -1.11. The third-order valence-corrected chi connectivity index (χ3v) is 2.97. The predicted molar refractivity (Wildman–Crippen MR) is 66.0 cm³/mol. The van der Waals surface area contributed by atoms with Crippen molar-refractivity contribution in [3.05, 3.63) is 5.82 Å². The molecule has 0 aliphatic carbocycles. The molecule has 0 spiro atoms. The van der Waals surface area contributed by atoms with Crippen LogP contribution in [0.25, 0.3) is 0 Å². The number of hydrogen-bond acceptors (Lipinski definition) is 5. The van der Waals surface area contributed by atoms with Gasteiger partial charge in [0.25, 0.3) is 0 Å². The molecule has 0 radical (unpaired) electrons. The van der Waals surface area contributed by atoms with E-state index in [4.69, 9.17) is 0 Å². The largest absolute Gasteiger partial charge is 0.480 e. The number of carboxylic acid groups (broad SMARTS) is 1. The zero-order chi connectivity index (χ0) is 12.8.